The van der Waals surface area contributed by atoms with Crippen molar-refractivity contribution in [1.82, 2.24) is 9.88 Å². The van der Waals surface area contributed by atoms with Crippen LogP contribution in [0.25, 0.3) is 0 Å². The van der Waals surface area contributed by atoms with Crippen molar-refractivity contribution in [3.05, 3.63) is 18.3 Å². The lowest BCUT2D eigenvalue weighted by molar-refractivity contribution is -0.135. The molecule has 0 saturated carbocycles. The second-order valence-electron chi connectivity index (χ2n) is 5.41. The highest BCUT2D eigenvalue weighted by molar-refractivity contribution is 5.77. The molecule has 110 valence electrons. The summed E-state index contributed by atoms with van der Waals surface area (Å²) in [5.41, 5.74) is 1.01. The predicted octanol–water partition coefficient (Wildman–Crippen LogP) is 1.96. The maximum atomic E-state index is 12.0. The van der Waals surface area contributed by atoms with Crippen LogP contribution in [-0.2, 0) is 4.79 Å². The van der Waals surface area contributed by atoms with Crippen molar-refractivity contribution >= 4 is 17.4 Å². The molecule has 0 bridgehead atoms. The van der Waals surface area contributed by atoms with Crippen LogP contribution in [0.5, 0.6) is 0 Å². The Morgan fingerprint density at radius 1 is 1.35 bits per heavy atom. The minimum Gasteiger partial charge on any atom is -0.387 e. The van der Waals surface area contributed by atoms with Gasteiger partial charge in [0.1, 0.15) is 5.82 Å². The van der Waals surface area contributed by atoms with E-state index in [4.69, 9.17) is 0 Å². The fraction of sp³-hybridized carbons (Fsp3) is 0.600. The van der Waals surface area contributed by atoms with Gasteiger partial charge in [-0.2, -0.15) is 0 Å². The number of hydrogen-bond donors (Lipinski definition) is 1. The van der Waals surface area contributed by atoms with Crippen LogP contribution in [0.1, 0.15) is 27.2 Å². The molecular weight excluding hydrogens is 252 g/mol. The van der Waals surface area contributed by atoms with E-state index in [1.165, 1.54) is 0 Å². The minimum absolute atomic E-state index is 0.219. The van der Waals surface area contributed by atoms with E-state index < -0.39 is 0 Å². The van der Waals surface area contributed by atoms with E-state index in [1.54, 1.807) is 0 Å². The van der Waals surface area contributed by atoms with E-state index in [0.717, 1.165) is 24.6 Å². The molecule has 20 heavy (non-hydrogen) atoms. The van der Waals surface area contributed by atoms with Crippen molar-refractivity contribution in [3.8, 4) is 0 Å². The van der Waals surface area contributed by atoms with E-state index in [1.807, 2.05) is 37.2 Å². The molecule has 1 aromatic rings. The van der Waals surface area contributed by atoms with Crippen molar-refractivity contribution in [2.75, 3.05) is 30.4 Å². The number of rotatable bonds is 3. The number of hydrogen-bond acceptors (Lipinski definition) is 4. The summed E-state index contributed by atoms with van der Waals surface area (Å²) in [5, 5.41) is 3.07. The summed E-state index contributed by atoms with van der Waals surface area (Å²) in [6, 6.07) is 4.50. The second kappa shape index (κ2) is 6.11. The minimum atomic E-state index is 0.219. The van der Waals surface area contributed by atoms with Gasteiger partial charge in [-0.3, -0.25) is 4.79 Å². The number of amides is 1. The maximum Gasteiger partial charge on any atom is 0.222 e. The molecule has 1 aliphatic heterocycles. The third kappa shape index (κ3) is 2.86. The Morgan fingerprint density at radius 3 is 2.45 bits per heavy atom. The predicted molar refractivity (Wildman–Crippen MR) is 82.1 cm³/mol. The zero-order valence-corrected chi connectivity index (χ0v) is 12.8. The molecule has 2 rings (SSSR count). The molecule has 1 aliphatic rings. The molecule has 0 spiro atoms. The molecule has 1 fully saturated rings. The van der Waals surface area contributed by atoms with Gasteiger partial charge in [-0.05, 0) is 26.0 Å². The summed E-state index contributed by atoms with van der Waals surface area (Å²) in [5.74, 6) is 1.22. The smallest absolute Gasteiger partial charge is 0.222 e. The topological polar surface area (TPSA) is 48.5 Å². The van der Waals surface area contributed by atoms with Gasteiger partial charge < -0.3 is 15.1 Å². The largest absolute Gasteiger partial charge is 0.387 e. The normalized spacial score (nSPS) is 22.8. The fourth-order valence-corrected chi connectivity index (χ4v) is 2.91. The first-order chi connectivity index (χ1) is 9.56. The number of pyridine rings is 1. The highest BCUT2D eigenvalue weighted by Crippen LogP contribution is 2.22. The Hall–Kier alpha value is -1.78. The first-order valence-corrected chi connectivity index (χ1v) is 7.26. The van der Waals surface area contributed by atoms with Gasteiger partial charge in [-0.25, -0.2) is 4.98 Å². The van der Waals surface area contributed by atoms with Crippen molar-refractivity contribution in [1.29, 1.82) is 0 Å². The molecule has 5 heteroatoms. The van der Waals surface area contributed by atoms with Crippen LogP contribution in [0.4, 0.5) is 11.5 Å². The molecule has 1 aromatic heterocycles. The van der Waals surface area contributed by atoms with E-state index in [2.05, 4.69) is 29.0 Å². The highest BCUT2D eigenvalue weighted by atomic mass is 16.2. The van der Waals surface area contributed by atoms with Gasteiger partial charge in [0.25, 0.3) is 0 Å². The summed E-state index contributed by atoms with van der Waals surface area (Å²) in [4.78, 5) is 20.8. The summed E-state index contributed by atoms with van der Waals surface area (Å²) in [6.07, 6.45) is 2.41. The number of nitrogens with zero attached hydrogens (tertiary/aromatic N) is 3. The van der Waals surface area contributed by atoms with Gasteiger partial charge in [0.05, 0.1) is 11.9 Å². The first kappa shape index (κ1) is 14.6. The average molecular weight is 276 g/mol. The van der Waals surface area contributed by atoms with E-state index >= 15 is 0 Å². The van der Waals surface area contributed by atoms with Crippen LogP contribution in [-0.4, -0.2) is 48.0 Å². The van der Waals surface area contributed by atoms with Gasteiger partial charge in [-0.15, -0.1) is 0 Å². The zero-order chi connectivity index (χ0) is 14.7. The SMILES string of the molecule is CCC(=O)N1[C@H](C)CN(c2ccc(NC)cn2)C[C@@H]1C. The van der Waals surface area contributed by atoms with Crippen LogP contribution in [0.15, 0.2) is 18.3 Å². The number of anilines is 2. The molecule has 1 saturated heterocycles. The third-order valence-corrected chi connectivity index (χ3v) is 3.87. The molecule has 1 N–H and O–H groups in total. The monoisotopic (exact) mass is 276 g/mol. The Morgan fingerprint density at radius 2 is 2.00 bits per heavy atom. The molecule has 2 atom stereocenters. The Bertz CT molecular complexity index is 447. The molecule has 0 aromatic carbocycles. The summed E-state index contributed by atoms with van der Waals surface area (Å²) < 4.78 is 0. The number of nitrogens with one attached hydrogen (secondary N) is 1. The lowest BCUT2D eigenvalue weighted by atomic mass is 10.1. The Labute approximate surface area is 121 Å². The van der Waals surface area contributed by atoms with Gasteiger partial charge in [0.15, 0.2) is 0 Å². The number of piperazine rings is 1. The van der Waals surface area contributed by atoms with Gasteiger partial charge in [-0.1, -0.05) is 6.92 Å². The van der Waals surface area contributed by atoms with Gasteiger partial charge in [0.2, 0.25) is 5.91 Å². The Balaban J connectivity index is 2.11. The molecule has 1 amide bonds. The molecular formula is C15H24N4O. The highest BCUT2D eigenvalue weighted by Gasteiger charge is 2.32. The van der Waals surface area contributed by atoms with E-state index in [9.17, 15) is 4.79 Å². The second-order valence-corrected chi connectivity index (χ2v) is 5.41. The molecule has 0 aliphatic carbocycles. The van der Waals surface area contributed by atoms with Crippen molar-refractivity contribution in [3.63, 3.8) is 0 Å². The zero-order valence-electron chi connectivity index (χ0n) is 12.8. The Kier molecular flexibility index (Phi) is 4.47. The molecule has 2 heterocycles. The standard InChI is InChI=1S/C15H24N4O/c1-5-15(20)19-11(2)9-18(10-12(19)3)14-7-6-13(16-4)8-17-14/h6-8,11-12,16H,5,9-10H2,1-4H3/t11-,12+. The fourth-order valence-electron chi connectivity index (χ4n) is 2.91. The number of aromatic nitrogens is 1. The van der Waals surface area contributed by atoms with Crippen molar-refractivity contribution in [2.24, 2.45) is 0 Å². The van der Waals surface area contributed by atoms with Crippen molar-refractivity contribution < 1.29 is 4.79 Å². The lowest BCUT2D eigenvalue weighted by Gasteiger charge is -2.45. The van der Waals surface area contributed by atoms with Gasteiger partial charge >= 0.3 is 0 Å². The lowest BCUT2D eigenvalue weighted by Crippen LogP contribution is -2.58. The summed E-state index contributed by atoms with van der Waals surface area (Å²) in [6.45, 7) is 7.81. The third-order valence-electron chi connectivity index (χ3n) is 3.87. The summed E-state index contributed by atoms with van der Waals surface area (Å²) >= 11 is 0. The quantitative estimate of drug-likeness (QED) is 0.917. The van der Waals surface area contributed by atoms with E-state index in [0.29, 0.717) is 6.42 Å². The van der Waals surface area contributed by atoms with E-state index in [-0.39, 0.29) is 18.0 Å². The number of carbonyl (C=O) groups excluding carboxylic acids is 1. The summed E-state index contributed by atoms with van der Waals surface area (Å²) in [7, 11) is 1.88. The van der Waals surface area contributed by atoms with Crippen LogP contribution in [0.3, 0.4) is 0 Å². The van der Waals surface area contributed by atoms with Gasteiger partial charge in [0, 0.05) is 38.6 Å². The number of carbonyl (C=O) groups is 1. The molecule has 0 unspecified atom stereocenters. The first-order valence-electron chi connectivity index (χ1n) is 7.26. The maximum absolute atomic E-state index is 12.0. The van der Waals surface area contributed by atoms with Crippen molar-refractivity contribution in [2.45, 2.75) is 39.3 Å². The average Bonchev–Trinajstić information content (AvgIpc) is 2.46. The van der Waals surface area contributed by atoms with Crippen LogP contribution >= 0.6 is 0 Å². The van der Waals surface area contributed by atoms with Crippen LogP contribution < -0.4 is 10.2 Å². The molecule has 0 radical (unpaired) electrons. The van der Waals surface area contributed by atoms with Crippen LogP contribution in [0.2, 0.25) is 0 Å². The van der Waals surface area contributed by atoms with Crippen LogP contribution in [0, 0.1) is 0 Å². The molecule has 5 nitrogen and oxygen atoms in total.